The lowest BCUT2D eigenvalue weighted by atomic mass is 9.89. The number of sulfone groups is 1. The van der Waals surface area contributed by atoms with Crippen LogP contribution in [-0.2, 0) is 16.3 Å². The minimum absolute atomic E-state index is 0.00423. The highest BCUT2D eigenvalue weighted by Gasteiger charge is 2.36. The molecule has 2 heterocycles. The first kappa shape index (κ1) is 14.0. The van der Waals surface area contributed by atoms with Gasteiger partial charge >= 0.3 is 0 Å². The number of hydrogen-bond donors (Lipinski definition) is 1. The van der Waals surface area contributed by atoms with Crippen LogP contribution >= 0.6 is 0 Å². The SMILES string of the molecule is CCC1CC2CC1CCCCc1nc(n[nH]1)S(=O)(=O)C2. The molecule has 1 saturated carbocycles. The standard InChI is InChI=1S/C14H23N3O2S/c1-2-11-7-10-8-12(11)5-3-4-6-13-15-14(17-16-13)20(18,19)9-10/h10-12H,2-9H2,1H3,(H,15,16,17). The summed E-state index contributed by atoms with van der Waals surface area (Å²) < 4.78 is 24.8. The predicted molar refractivity (Wildman–Crippen MR) is 76.0 cm³/mol. The van der Waals surface area contributed by atoms with Crippen LogP contribution in [0, 0.1) is 17.8 Å². The van der Waals surface area contributed by atoms with Crippen molar-refractivity contribution in [3.63, 3.8) is 0 Å². The molecule has 20 heavy (non-hydrogen) atoms. The fraction of sp³-hybridized carbons (Fsp3) is 0.857. The molecule has 3 atom stereocenters. The molecule has 0 spiro atoms. The maximum atomic E-state index is 12.4. The lowest BCUT2D eigenvalue weighted by Crippen LogP contribution is -2.16. The Kier molecular flexibility index (Phi) is 3.84. The maximum absolute atomic E-state index is 12.4. The van der Waals surface area contributed by atoms with E-state index in [1.165, 1.54) is 19.3 Å². The third-order valence-electron chi connectivity index (χ3n) is 4.95. The summed E-state index contributed by atoms with van der Waals surface area (Å²) in [6.07, 6.45) is 7.59. The molecule has 112 valence electrons. The Morgan fingerprint density at radius 2 is 2.15 bits per heavy atom. The molecule has 1 aromatic heterocycles. The first-order valence-electron chi connectivity index (χ1n) is 7.72. The highest BCUT2D eigenvalue weighted by atomic mass is 32.2. The molecule has 3 unspecified atom stereocenters. The minimum Gasteiger partial charge on any atom is -0.262 e. The van der Waals surface area contributed by atoms with E-state index in [9.17, 15) is 8.42 Å². The summed E-state index contributed by atoms with van der Waals surface area (Å²) in [7, 11) is -3.33. The van der Waals surface area contributed by atoms with E-state index in [4.69, 9.17) is 0 Å². The fourth-order valence-corrected chi connectivity index (χ4v) is 5.42. The van der Waals surface area contributed by atoms with Crippen LogP contribution in [0.2, 0.25) is 0 Å². The number of hydrogen-bond acceptors (Lipinski definition) is 4. The fourth-order valence-electron chi connectivity index (χ4n) is 3.94. The maximum Gasteiger partial charge on any atom is 0.266 e. The number of H-pyrrole nitrogens is 1. The summed E-state index contributed by atoms with van der Waals surface area (Å²) in [6.45, 7) is 2.23. The molecule has 1 N–H and O–H groups in total. The molecule has 5 nitrogen and oxygen atoms in total. The zero-order chi connectivity index (χ0) is 14.2. The zero-order valence-electron chi connectivity index (χ0n) is 12.0. The second-order valence-electron chi connectivity index (χ2n) is 6.36. The largest absolute Gasteiger partial charge is 0.266 e. The Morgan fingerprint density at radius 3 is 2.95 bits per heavy atom. The molecule has 0 aromatic carbocycles. The van der Waals surface area contributed by atoms with E-state index < -0.39 is 9.84 Å². The third kappa shape index (κ3) is 2.75. The number of aromatic nitrogens is 3. The zero-order valence-corrected chi connectivity index (χ0v) is 12.8. The smallest absolute Gasteiger partial charge is 0.262 e. The van der Waals surface area contributed by atoms with E-state index in [2.05, 4.69) is 22.1 Å². The van der Waals surface area contributed by atoms with Crippen molar-refractivity contribution >= 4 is 9.84 Å². The number of aryl methyl sites for hydroxylation is 1. The van der Waals surface area contributed by atoms with Gasteiger partial charge in [0.15, 0.2) is 0 Å². The molecule has 2 aliphatic rings. The van der Waals surface area contributed by atoms with Gasteiger partial charge in [-0.25, -0.2) is 13.4 Å². The van der Waals surface area contributed by atoms with Gasteiger partial charge in [-0.3, -0.25) is 5.10 Å². The van der Waals surface area contributed by atoms with Gasteiger partial charge in [0.25, 0.3) is 5.16 Å². The number of fused-ring (bicyclic) bond motifs is 4. The van der Waals surface area contributed by atoms with Crippen molar-refractivity contribution < 1.29 is 8.42 Å². The van der Waals surface area contributed by atoms with Crippen molar-refractivity contribution in [3.05, 3.63) is 5.82 Å². The lowest BCUT2D eigenvalue weighted by Gasteiger charge is -2.17. The number of rotatable bonds is 1. The second-order valence-corrected chi connectivity index (χ2v) is 8.29. The molecule has 4 bridgehead atoms. The van der Waals surface area contributed by atoms with Gasteiger partial charge in [0.1, 0.15) is 5.82 Å². The van der Waals surface area contributed by atoms with Crippen LogP contribution in [0.5, 0.6) is 0 Å². The average molecular weight is 297 g/mol. The normalized spacial score (nSPS) is 33.4. The van der Waals surface area contributed by atoms with Crippen LogP contribution < -0.4 is 0 Å². The highest BCUT2D eigenvalue weighted by Crippen LogP contribution is 2.42. The molecule has 0 saturated heterocycles. The van der Waals surface area contributed by atoms with Gasteiger partial charge in [0.05, 0.1) is 5.75 Å². The highest BCUT2D eigenvalue weighted by molar-refractivity contribution is 7.91. The van der Waals surface area contributed by atoms with Crippen LogP contribution in [0.4, 0.5) is 0 Å². The topological polar surface area (TPSA) is 75.7 Å². The van der Waals surface area contributed by atoms with Crippen molar-refractivity contribution in [1.29, 1.82) is 0 Å². The summed E-state index contributed by atoms with van der Waals surface area (Å²) in [5.74, 6) is 2.64. The summed E-state index contributed by atoms with van der Waals surface area (Å²) in [4.78, 5) is 4.16. The second kappa shape index (κ2) is 5.47. The third-order valence-corrected chi connectivity index (χ3v) is 6.60. The van der Waals surface area contributed by atoms with Crippen LogP contribution in [0.1, 0.15) is 51.3 Å². The molecule has 6 heteroatoms. The Hall–Kier alpha value is -0.910. The van der Waals surface area contributed by atoms with Crippen molar-refractivity contribution in [1.82, 2.24) is 15.2 Å². The van der Waals surface area contributed by atoms with E-state index in [1.807, 2.05) is 0 Å². The minimum atomic E-state index is -3.33. The molecular formula is C14H23N3O2S. The summed E-state index contributed by atoms with van der Waals surface area (Å²) in [5, 5.41) is 6.69. The molecule has 1 aliphatic carbocycles. The monoisotopic (exact) mass is 297 g/mol. The number of nitrogens with one attached hydrogen (secondary N) is 1. The molecule has 1 aliphatic heterocycles. The number of nitrogens with zero attached hydrogens (tertiary/aromatic N) is 2. The van der Waals surface area contributed by atoms with Gasteiger partial charge in [0, 0.05) is 6.42 Å². The van der Waals surface area contributed by atoms with Gasteiger partial charge in [-0.1, -0.05) is 26.2 Å². The van der Waals surface area contributed by atoms with Crippen molar-refractivity contribution in [2.45, 2.75) is 57.0 Å². The van der Waals surface area contributed by atoms with Gasteiger partial charge < -0.3 is 0 Å². The first-order chi connectivity index (χ1) is 9.58. The van der Waals surface area contributed by atoms with Gasteiger partial charge in [-0.2, -0.15) is 0 Å². The Bertz CT molecular complexity index is 567. The lowest BCUT2D eigenvalue weighted by molar-refractivity contribution is 0.344. The molecule has 1 fully saturated rings. The molecular weight excluding hydrogens is 274 g/mol. The van der Waals surface area contributed by atoms with Crippen LogP contribution in [0.25, 0.3) is 0 Å². The summed E-state index contributed by atoms with van der Waals surface area (Å²) >= 11 is 0. The van der Waals surface area contributed by atoms with Crippen molar-refractivity contribution in [2.75, 3.05) is 5.75 Å². The average Bonchev–Trinajstić information content (AvgIpc) is 3.00. The van der Waals surface area contributed by atoms with Crippen molar-refractivity contribution in [2.24, 2.45) is 17.8 Å². The van der Waals surface area contributed by atoms with Gasteiger partial charge in [0.2, 0.25) is 9.84 Å². The van der Waals surface area contributed by atoms with E-state index in [1.54, 1.807) is 0 Å². The van der Waals surface area contributed by atoms with Crippen molar-refractivity contribution in [3.8, 4) is 0 Å². The quantitative estimate of drug-likeness (QED) is 0.863. The van der Waals surface area contributed by atoms with E-state index in [-0.39, 0.29) is 16.8 Å². The predicted octanol–water partition coefficient (Wildman–Crippen LogP) is 2.36. The van der Waals surface area contributed by atoms with Gasteiger partial charge in [-0.15, -0.1) is 5.10 Å². The summed E-state index contributed by atoms with van der Waals surface area (Å²) in [6, 6.07) is 0. The van der Waals surface area contributed by atoms with Gasteiger partial charge in [-0.05, 0) is 37.0 Å². The van der Waals surface area contributed by atoms with Crippen LogP contribution in [0.3, 0.4) is 0 Å². The van der Waals surface area contributed by atoms with Crippen LogP contribution in [-0.4, -0.2) is 29.4 Å². The number of aromatic amines is 1. The molecule has 0 amide bonds. The Morgan fingerprint density at radius 1 is 1.30 bits per heavy atom. The molecule has 1 aromatic rings. The van der Waals surface area contributed by atoms with Crippen LogP contribution in [0.15, 0.2) is 5.16 Å². The molecule has 0 radical (unpaired) electrons. The summed E-state index contributed by atoms with van der Waals surface area (Å²) in [5.41, 5.74) is 0. The Labute approximate surface area is 120 Å². The van der Waals surface area contributed by atoms with E-state index in [0.29, 0.717) is 17.7 Å². The van der Waals surface area contributed by atoms with E-state index in [0.717, 1.165) is 25.7 Å². The Balaban J connectivity index is 1.86. The molecule has 3 rings (SSSR count). The van der Waals surface area contributed by atoms with E-state index >= 15 is 0 Å². The first-order valence-corrected chi connectivity index (χ1v) is 9.37.